The minimum absolute atomic E-state index is 0.0950. The molecule has 1 aliphatic rings. The molecule has 0 aromatic heterocycles. The van der Waals surface area contributed by atoms with Gasteiger partial charge in [0.2, 0.25) is 5.91 Å². The highest BCUT2D eigenvalue weighted by Crippen LogP contribution is 2.18. The number of hydrogen-bond donors (Lipinski definition) is 2. The molecule has 0 spiro atoms. The zero-order valence-electron chi connectivity index (χ0n) is 17.7. The first kappa shape index (κ1) is 22.2. The largest absolute Gasteiger partial charge is 0.444 e. The Morgan fingerprint density at radius 3 is 2.46 bits per heavy atom. The van der Waals surface area contributed by atoms with E-state index in [1.165, 1.54) is 31.5 Å². The molecule has 2 amide bonds. The number of ether oxygens (including phenoxy) is 1. The van der Waals surface area contributed by atoms with Crippen molar-refractivity contribution in [3.05, 3.63) is 35.4 Å². The molecule has 2 N–H and O–H groups in total. The molecule has 1 atom stereocenters. The van der Waals surface area contributed by atoms with Gasteiger partial charge in [-0.2, -0.15) is 0 Å². The summed E-state index contributed by atoms with van der Waals surface area (Å²) < 4.78 is 5.14. The molecule has 0 aliphatic carbocycles. The van der Waals surface area contributed by atoms with Crippen molar-refractivity contribution in [1.82, 2.24) is 15.5 Å². The fraction of sp³-hybridized carbons (Fsp3) is 0.636. The number of rotatable bonds is 7. The van der Waals surface area contributed by atoms with Gasteiger partial charge in [0.1, 0.15) is 5.60 Å². The van der Waals surface area contributed by atoms with Crippen LogP contribution in [-0.4, -0.2) is 42.1 Å². The van der Waals surface area contributed by atoms with Crippen LogP contribution in [0.3, 0.4) is 0 Å². The van der Waals surface area contributed by atoms with Crippen LogP contribution in [-0.2, 0) is 22.6 Å². The van der Waals surface area contributed by atoms with Crippen molar-refractivity contribution in [3.8, 4) is 0 Å². The van der Waals surface area contributed by atoms with E-state index in [0.29, 0.717) is 6.54 Å². The Bertz CT molecular complexity index is 637. The van der Waals surface area contributed by atoms with Gasteiger partial charge in [0.15, 0.2) is 0 Å². The van der Waals surface area contributed by atoms with E-state index in [4.69, 9.17) is 4.74 Å². The Balaban J connectivity index is 1.65. The quantitative estimate of drug-likeness (QED) is 0.749. The monoisotopic (exact) mass is 389 g/mol. The second-order valence-electron chi connectivity index (χ2n) is 8.75. The van der Waals surface area contributed by atoms with E-state index in [9.17, 15) is 9.59 Å². The second kappa shape index (κ2) is 10.5. The molecule has 6 nitrogen and oxygen atoms in total. The Hall–Kier alpha value is -2.08. The summed E-state index contributed by atoms with van der Waals surface area (Å²) in [5.41, 5.74) is 1.85. The first-order valence-electron chi connectivity index (χ1n) is 10.2. The molecule has 0 bridgehead atoms. The predicted octanol–water partition coefficient (Wildman–Crippen LogP) is 3.45. The summed E-state index contributed by atoms with van der Waals surface area (Å²) in [5, 5.41) is 5.48. The normalized spacial score (nSPS) is 17.8. The van der Waals surface area contributed by atoms with Gasteiger partial charge in [-0.05, 0) is 57.2 Å². The Morgan fingerprint density at radius 2 is 1.82 bits per heavy atom. The average molecular weight is 390 g/mol. The number of benzene rings is 1. The molecule has 1 saturated heterocycles. The van der Waals surface area contributed by atoms with Gasteiger partial charge < -0.3 is 15.4 Å². The van der Waals surface area contributed by atoms with Crippen LogP contribution >= 0.6 is 0 Å². The topological polar surface area (TPSA) is 70.7 Å². The smallest absolute Gasteiger partial charge is 0.407 e. The molecule has 0 radical (unpaired) electrons. The van der Waals surface area contributed by atoms with E-state index in [0.717, 1.165) is 18.0 Å². The maximum absolute atomic E-state index is 11.9. The lowest BCUT2D eigenvalue weighted by Gasteiger charge is -2.30. The van der Waals surface area contributed by atoms with Crippen LogP contribution in [0.15, 0.2) is 24.3 Å². The molecule has 1 heterocycles. The highest BCUT2D eigenvalue weighted by Gasteiger charge is 2.17. The number of likely N-dealkylation sites (tertiary alicyclic amines) is 1. The lowest BCUT2D eigenvalue weighted by atomic mass is 9.99. The third kappa shape index (κ3) is 8.74. The number of nitrogens with zero attached hydrogens (tertiary/aromatic N) is 1. The Morgan fingerprint density at radius 1 is 1.14 bits per heavy atom. The second-order valence-corrected chi connectivity index (χ2v) is 8.75. The molecule has 0 saturated carbocycles. The van der Waals surface area contributed by atoms with Crippen molar-refractivity contribution >= 4 is 12.0 Å². The minimum atomic E-state index is -0.537. The predicted molar refractivity (Wildman–Crippen MR) is 111 cm³/mol. The maximum atomic E-state index is 11.9. The number of carbonyl (C=O) groups is 2. The molecular weight excluding hydrogens is 354 g/mol. The summed E-state index contributed by atoms with van der Waals surface area (Å²) >= 11 is 0. The maximum Gasteiger partial charge on any atom is 0.407 e. The van der Waals surface area contributed by atoms with E-state index in [1.54, 1.807) is 20.8 Å². The van der Waals surface area contributed by atoms with Crippen molar-refractivity contribution in [2.24, 2.45) is 5.92 Å². The summed E-state index contributed by atoms with van der Waals surface area (Å²) in [7, 11) is 0. The zero-order valence-corrected chi connectivity index (χ0v) is 17.7. The molecule has 1 fully saturated rings. The molecule has 2 rings (SSSR count). The van der Waals surface area contributed by atoms with Crippen LogP contribution in [0.1, 0.15) is 58.1 Å². The van der Waals surface area contributed by atoms with Crippen LogP contribution in [0.4, 0.5) is 4.79 Å². The number of nitrogens with one attached hydrogen (secondary N) is 2. The molecule has 0 unspecified atom stereocenters. The first-order valence-corrected chi connectivity index (χ1v) is 10.2. The van der Waals surface area contributed by atoms with Crippen LogP contribution in [0, 0.1) is 5.92 Å². The molecule has 28 heavy (non-hydrogen) atoms. The Labute approximate surface area is 169 Å². The summed E-state index contributed by atoms with van der Waals surface area (Å²) in [4.78, 5) is 26.0. The first-order chi connectivity index (χ1) is 13.2. The van der Waals surface area contributed by atoms with Gasteiger partial charge in [-0.1, -0.05) is 31.2 Å². The summed E-state index contributed by atoms with van der Waals surface area (Å²) in [6.45, 7) is 11.8. The number of amides is 2. The lowest BCUT2D eigenvalue weighted by Crippen LogP contribution is -2.35. The molecule has 1 aromatic rings. The van der Waals surface area contributed by atoms with E-state index in [2.05, 4.69) is 46.7 Å². The molecule has 6 heteroatoms. The number of hydrogen-bond acceptors (Lipinski definition) is 4. The van der Waals surface area contributed by atoms with Gasteiger partial charge in [0.25, 0.3) is 0 Å². The molecule has 1 aromatic carbocycles. The van der Waals surface area contributed by atoms with Crippen molar-refractivity contribution in [1.29, 1.82) is 0 Å². The molecule has 1 aliphatic heterocycles. The number of piperidine rings is 1. The van der Waals surface area contributed by atoms with E-state index >= 15 is 0 Å². The van der Waals surface area contributed by atoms with E-state index < -0.39 is 11.7 Å². The van der Waals surface area contributed by atoms with Gasteiger partial charge in [0, 0.05) is 32.6 Å². The fourth-order valence-corrected chi connectivity index (χ4v) is 3.33. The van der Waals surface area contributed by atoms with Crippen LogP contribution in [0.2, 0.25) is 0 Å². The van der Waals surface area contributed by atoms with Crippen molar-refractivity contribution in [2.75, 3.05) is 19.6 Å². The summed E-state index contributed by atoms with van der Waals surface area (Å²) in [6.07, 6.45) is 2.35. The van der Waals surface area contributed by atoms with Gasteiger partial charge in [-0.15, -0.1) is 0 Å². The summed E-state index contributed by atoms with van der Waals surface area (Å²) in [5.74, 6) is 0.690. The van der Waals surface area contributed by atoms with Gasteiger partial charge >= 0.3 is 6.09 Å². The minimum Gasteiger partial charge on any atom is -0.444 e. The van der Waals surface area contributed by atoms with Crippen LogP contribution in [0.5, 0.6) is 0 Å². The lowest BCUT2D eigenvalue weighted by molar-refractivity contribution is -0.121. The van der Waals surface area contributed by atoms with Crippen LogP contribution < -0.4 is 10.6 Å². The van der Waals surface area contributed by atoms with Crippen molar-refractivity contribution in [3.63, 3.8) is 0 Å². The number of alkyl carbamates (subject to hydrolysis) is 1. The standard InChI is InChI=1S/C22H35N3O3/c1-17-6-5-13-25(15-17)16-19-9-7-18(8-10-19)14-24-20(26)11-12-23-21(27)28-22(2,3)4/h7-10,17H,5-6,11-16H2,1-4H3,(H,23,27)(H,24,26)/t17-/m1/s1. The van der Waals surface area contributed by atoms with Crippen LogP contribution in [0.25, 0.3) is 0 Å². The third-order valence-electron chi connectivity index (χ3n) is 4.68. The van der Waals surface area contributed by atoms with Gasteiger partial charge in [-0.3, -0.25) is 9.69 Å². The summed E-state index contributed by atoms with van der Waals surface area (Å²) in [6, 6.07) is 8.43. The number of carbonyl (C=O) groups excluding carboxylic acids is 2. The zero-order chi connectivity index (χ0) is 20.6. The van der Waals surface area contributed by atoms with Gasteiger partial charge in [-0.25, -0.2) is 4.79 Å². The SMILES string of the molecule is C[C@@H]1CCCN(Cc2ccc(CNC(=O)CCNC(=O)OC(C)(C)C)cc2)C1. The highest BCUT2D eigenvalue weighted by atomic mass is 16.6. The Kier molecular flexibility index (Phi) is 8.30. The van der Waals surface area contributed by atoms with Gasteiger partial charge in [0.05, 0.1) is 0 Å². The average Bonchev–Trinajstić information content (AvgIpc) is 2.59. The van der Waals surface area contributed by atoms with E-state index in [-0.39, 0.29) is 18.9 Å². The fourth-order valence-electron chi connectivity index (χ4n) is 3.33. The van der Waals surface area contributed by atoms with E-state index in [1.807, 2.05) is 0 Å². The van der Waals surface area contributed by atoms with Crippen molar-refractivity contribution in [2.45, 2.75) is 65.6 Å². The molecule has 156 valence electrons. The van der Waals surface area contributed by atoms with Crippen molar-refractivity contribution < 1.29 is 14.3 Å². The highest BCUT2D eigenvalue weighted by molar-refractivity contribution is 5.77. The third-order valence-corrected chi connectivity index (χ3v) is 4.68. The molecular formula is C22H35N3O3.